The van der Waals surface area contributed by atoms with Crippen molar-refractivity contribution in [3.8, 4) is 5.75 Å². The van der Waals surface area contributed by atoms with Crippen LogP contribution in [0.4, 0.5) is 0 Å². The highest BCUT2D eigenvalue weighted by Crippen LogP contribution is 2.18. The molecule has 3 aromatic rings. The van der Waals surface area contributed by atoms with Crippen LogP contribution in [-0.2, 0) is 13.2 Å². The topological polar surface area (TPSA) is 56.2 Å². The third-order valence-corrected chi connectivity index (χ3v) is 4.24. The van der Waals surface area contributed by atoms with E-state index in [9.17, 15) is 4.79 Å². The molecule has 6 heteroatoms. The van der Waals surface area contributed by atoms with E-state index in [1.54, 1.807) is 18.2 Å². The molecule has 1 aromatic heterocycles. The van der Waals surface area contributed by atoms with Crippen molar-refractivity contribution in [2.24, 2.45) is 0 Å². The summed E-state index contributed by atoms with van der Waals surface area (Å²) in [5, 5.41) is 7.81. The van der Waals surface area contributed by atoms with E-state index in [1.165, 1.54) is 0 Å². The molecule has 0 saturated carbocycles. The number of aryl methyl sites for hydroxylation is 2. The zero-order valence-electron chi connectivity index (χ0n) is 15.2. The lowest BCUT2D eigenvalue weighted by molar-refractivity contribution is 0.0952. The molecule has 0 radical (unpaired) electrons. The van der Waals surface area contributed by atoms with Gasteiger partial charge in [-0.05, 0) is 54.8 Å². The van der Waals surface area contributed by atoms with Gasteiger partial charge in [0, 0.05) is 29.9 Å². The molecule has 0 spiro atoms. The molecular weight excluding hydrogens is 362 g/mol. The predicted molar refractivity (Wildman–Crippen MR) is 106 cm³/mol. The summed E-state index contributed by atoms with van der Waals surface area (Å²) in [6, 6.07) is 14.7. The van der Waals surface area contributed by atoms with Gasteiger partial charge in [0.15, 0.2) is 0 Å². The van der Waals surface area contributed by atoms with Gasteiger partial charge in [-0.15, -0.1) is 0 Å². The Kier molecular flexibility index (Phi) is 6.49. The standard InChI is InChI=1S/C21H22ClN3O2/c1-16-13-24-25(14-16)10-4-9-23-21(26)18-6-2-5-17(11-18)15-27-20-8-3-7-19(22)12-20/h2-3,5-8,11-14H,4,9-10,15H2,1H3,(H,23,26). The molecule has 0 aliphatic carbocycles. The molecule has 140 valence electrons. The number of amides is 1. The number of ether oxygens (including phenoxy) is 1. The number of carbonyl (C=O) groups excluding carboxylic acids is 1. The Labute approximate surface area is 163 Å². The molecule has 27 heavy (non-hydrogen) atoms. The molecular formula is C21H22ClN3O2. The van der Waals surface area contributed by atoms with Gasteiger partial charge in [0.25, 0.3) is 5.91 Å². The predicted octanol–water partition coefficient (Wildman–Crippen LogP) is 4.24. The number of nitrogens with one attached hydrogen (secondary N) is 1. The molecule has 1 amide bonds. The van der Waals surface area contributed by atoms with Crippen LogP contribution in [0.2, 0.25) is 5.02 Å². The number of hydrogen-bond acceptors (Lipinski definition) is 3. The lowest BCUT2D eigenvalue weighted by atomic mass is 10.1. The summed E-state index contributed by atoms with van der Waals surface area (Å²) in [6.45, 7) is 3.76. The highest BCUT2D eigenvalue weighted by Gasteiger charge is 2.06. The molecule has 0 atom stereocenters. The molecule has 3 rings (SSSR count). The lowest BCUT2D eigenvalue weighted by Gasteiger charge is -2.09. The van der Waals surface area contributed by atoms with Gasteiger partial charge in [-0.1, -0.05) is 29.8 Å². The Bertz CT molecular complexity index is 908. The number of carbonyl (C=O) groups is 1. The maximum Gasteiger partial charge on any atom is 0.251 e. The number of benzene rings is 2. The SMILES string of the molecule is Cc1cnn(CCCNC(=O)c2cccc(COc3cccc(Cl)c3)c2)c1. The Morgan fingerprint density at radius 1 is 1.22 bits per heavy atom. The van der Waals surface area contributed by atoms with Gasteiger partial charge in [-0.3, -0.25) is 9.48 Å². The van der Waals surface area contributed by atoms with E-state index in [4.69, 9.17) is 16.3 Å². The molecule has 0 fully saturated rings. The van der Waals surface area contributed by atoms with Gasteiger partial charge in [-0.25, -0.2) is 0 Å². The fourth-order valence-corrected chi connectivity index (χ4v) is 2.84. The van der Waals surface area contributed by atoms with Crippen molar-refractivity contribution in [3.63, 3.8) is 0 Å². The smallest absolute Gasteiger partial charge is 0.251 e. The van der Waals surface area contributed by atoms with E-state index in [0.717, 1.165) is 24.1 Å². The molecule has 2 aromatic carbocycles. The average molecular weight is 384 g/mol. The van der Waals surface area contributed by atoms with Crippen LogP contribution in [-0.4, -0.2) is 22.2 Å². The van der Waals surface area contributed by atoms with Crippen molar-refractivity contribution >= 4 is 17.5 Å². The van der Waals surface area contributed by atoms with Gasteiger partial charge in [0.1, 0.15) is 12.4 Å². The molecule has 5 nitrogen and oxygen atoms in total. The Morgan fingerprint density at radius 2 is 2.07 bits per heavy atom. The van der Waals surface area contributed by atoms with Crippen molar-refractivity contribution < 1.29 is 9.53 Å². The number of nitrogens with zero attached hydrogens (tertiary/aromatic N) is 2. The zero-order valence-corrected chi connectivity index (χ0v) is 15.9. The van der Waals surface area contributed by atoms with Crippen LogP contribution >= 0.6 is 11.6 Å². The number of aromatic nitrogens is 2. The third-order valence-electron chi connectivity index (χ3n) is 4.00. The van der Waals surface area contributed by atoms with Crippen LogP contribution in [0.1, 0.15) is 27.9 Å². The number of hydrogen-bond donors (Lipinski definition) is 1. The summed E-state index contributed by atoms with van der Waals surface area (Å²) in [6.07, 6.45) is 4.64. The minimum Gasteiger partial charge on any atom is -0.489 e. The van der Waals surface area contributed by atoms with E-state index in [0.29, 0.717) is 29.5 Å². The number of halogens is 1. The average Bonchev–Trinajstić information content (AvgIpc) is 3.09. The molecule has 0 bridgehead atoms. The summed E-state index contributed by atoms with van der Waals surface area (Å²) in [4.78, 5) is 12.3. The second-order valence-corrected chi connectivity index (χ2v) is 6.77. The first-order chi connectivity index (χ1) is 13.1. The monoisotopic (exact) mass is 383 g/mol. The highest BCUT2D eigenvalue weighted by molar-refractivity contribution is 6.30. The Balaban J connectivity index is 1.47. The fourth-order valence-electron chi connectivity index (χ4n) is 2.66. The van der Waals surface area contributed by atoms with Gasteiger partial charge in [0.05, 0.1) is 6.20 Å². The molecule has 0 aliphatic rings. The summed E-state index contributed by atoms with van der Waals surface area (Å²) < 4.78 is 7.62. The van der Waals surface area contributed by atoms with Gasteiger partial charge in [-0.2, -0.15) is 5.10 Å². The maximum absolute atomic E-state index is 12.3. The van der Waals surface area contributed by atoms with E-state index in [1.807, 2.05) is 54.3 Å². The third kappa shape index (κ3) is 5.86. The largest absolute Gasteiger partial charge is 0.489 e. The van der Waals surface area contributed by atoms with Crippen LogP contribution in [0.15, 0.2) is 60.9 Å². The summed E-state index contributed by atoms with van der Waals surface area (Å²) in [7, 11) is 0. The molecule has 1 heterocycles. The van der Waals surface area contributed by atoms with Gasteiger partial charge in [0.2, 0.25) is 0 Å². The second kappa shape index (κ2) is 9.24. The van der Waals surface area contributed by atoms with Crippen molar-refractivity contribution in [2.75, 3.05) is 6.54 Å². The Morgan fingerprint density at radius 3 is 2.85 bits per heavy atom. The van der Waals surface area contributed by atoms with Gasteiger partial charge < -0.3 is 10.1 Å². The Hall–Kier alpha value is -2.79. The van der Waals surface area contributed by atoms with Crippen LogP contribution in [0.25, 0.3) is 0 Å². The van der Waals surface area contributed by atoms with Crippen LogP contribution < -0.4 is 10.1 Å². The van der Waals surface area contributed by atoms with E-state index >= 15 is 0 Å². The van der Waals surface area contributed by atoms with Crippen molar-refractivity contribution in [1.29, 1.82) is 0 Å². The summed E-state index contributed by atoms with van der Waals surface area (Å²) >= 11 is 5.96. The minimum atomic E-state index is -0.0868. The van der Waals surface area contributed by atoms with Crippen molar-refractivity contribution in [3.05, 3.63) is 82.6 Å². The summed E-state index contributed by atoms with van der Waals surface area (Å²) in [5.74, 6) is 0.613. The quantitative estimate of drug-likeness (QED) is 0.592. The molecule has 0 unspecified atom stereocenters. The fraction of sp³-hybridized carbons (Fsp3) is 0.238. The minimum absolute atomic E-state index is 0.0868. The van der Waals surface area contributed by atoms with E-state index in [-0.39, 0.29) is 5.91 Å². The highest BCUT2D eigenvalue weighted by atomic mass is 35.5. The number of rotatable bonds is 8. The van der Waals surface area contributed by atoms with Crippen LogP contribution in [0.5, 0.6) is 5.75 Å². The molecule has 0 saturated heterocycles. The summed E-state index contributed by atoms with van der Waals surface area (Å²) in [5.41, 5.74) is 2.68. The van der Waals surface area contributed by atoms with Gasteiger partial charge >= 0.3 is 0 Å². The van der Waals surface area contributed by atoms with E-state index in [2.05, 4.69) is 10.4 Å². The zero-order chi connectivity index (χ0) is 19.1. The first-order valence-corrected chi connectivity index (χ1v) is 9.22. The van der Waals surface area contributed by atoms with Crippen LogP contribution in [0.3, 0.4) is 0 Å². The molecule has 0 aliphatic heterocycles. The normalized spacial score (nSPS) is 10.6. The maximum atomic E-state index is 12.3. The first kappa shape index (κ1) is 19.0. The first-order valence-electron chi connectivity index (χ1n) is 8.85. The second-order valence-electron chi connectivity index (χ2n) is 6.34. The lowest BCUT2D eigenvalue weighted by Crippen LogP contribution is -2.25. The van der Waals surface area contributed by atoms with Crippen LogP contribution in [0, 0.1) is 6.92 Å². The van der Waals surface area contributed by atoms with Crippen molar-refractivity contribution in [1.82, 2.24) is 15.1 Å². The molecule has 1 N–H and O–H groups in total. The van der Waals surface area contributed by atoms with E-state index < -0.39 is 0 Å². The van der Waals surface area contributed by atoms with Crippen molar-refractivity contribution in [2.45, 2.75) is 26.5 Å².